The topological polar surface area (TPSA) is 52.7 Å². The maximum absolute atomic E-state index is 12.3. The van der Waals surface area contributed by atoms with Gasteiger partial charge >= 0.3 is 0 Å². The van der Waals surface area contributed by atoms with Gasteiger partial charge in [0.25, 0.3) is 0 Å². The highest BCUT2D eigenvalue weighted by Crippen LogP contribution is 2.23. The molecule has 5 nitrogen and oxygen atoms in total. The summed E-state index contributed by atoms with van der Waals surface area (Å²) < 4.78 is 0. The zero-order valence-electron chi connectivity index (χ0n) is 16.0. The van der Waals surface area contributed by atoms with E-state index in [0.29, 0.717) is 0 Å². The Morgan fingerprint density at radius 2 is 1.62 bits per heavy atom. The molecule has 0 aromatic heterocycles. The van der Waals surface area contributed by atoms with Gasteiger partial charge < -0.3 is 15.1 Å². The molecule has 0 aliphatic heterocycles. The number of benzene rings is 2. The molecule has 0 bridgehead atoms. The fourth-order valence-electron chi connectivity index (χ4n) is 2.82. The van der Waals surface area contributed by atoms with E-state index in [2.05, 4.69) is 30.1 Å². The van der Waals surface area contributed by atoms with Crippen molar-refractivity contribution in [2.45, 2.75) is 27.2 Å². The Balaban J connectivity index is 2.00. The van der Waals surface area contributed by atoms with E-state index in [4.69, 9.17) is 0 Å². The smallest absolute Gasteiger partial charge is 0.236 e. The third-order valence-electron chi connectivity index (χ3n) is 4.44. The Hall–Kier alpha value is -2.82. The largest absolute Gasteiger partial charge is 0.372 e. The van der Waals surface area contributed by atoms with Crippen molar-refractivity contribution < 1.29 is 9.59 Å². The fourth-order valence-corrected chi connectivity index (χ4v) is 2.82. The highest BCUT2D eigenvalue weighted by molar-refractivity contribution is 6.09. The minimum absolute atomic E-state index is 0.192. The van der Waals surface area contributed by atoms with Crippen molar-refractivity contribution in [2.75, 3.05) is 35.3 Å². The van der Waals surface area contributed by atoms with Crippen molar-refractivity contribution >= 4 is 28.9 Å². The highest BCUT2D eigenvalue weighted by atomic mass is 16.2. The van der Waals surface area contributed by atoms with Crippen LogP contribution in [0.4, 0.5) is 17.1 Å². The maximum Gasteiger partial charge on any atom is 0.236 e. The zero-order chi connectivity index (χ0) is 19.1. The number of carbonyl (C=O) groups is 2. The normalized spacial score (nSPS) is 10.3. The van der Waals surface area contributed by atoms with Crippen LogP contribution in [0.3, 0.4) is 0 Å². The van der Waals surface area contributed by atoms with Crippen molar-refractivity contribution in [3.63, 3.8) is 0 Å². The third-order valence-corrected chi connectivity index (χ3v) is 4.44. The van der Waals surface area contributed by atoms with E-state index in [-0.39, 0.29) is 18.2 Å². The summed E-state index contributed by atoms with van der Waals surface area (Å²) in [7, 11) is 1.68. The van der Waals surface area contributed by atoms with E-state index in [1.54, 1.807) is 7.05 Å². The first kappa shape index (κ1) is 19.5. The van der Waals surface area contributed by atoms with Gasteiger partial charge in [0.05, 0.1) is 0 Å². The summed E-state index contributed by atoms with van der Waals surface area (Å²) in [4.78, 5) is 28.3. The first-order valence-electron chi connectivity index (χ1n) is 8.93. The van der Waals surface area contributed by atoms with Gasteiger partial charge in [0.2, 0.25) is 11.8 Å². The second-order valence-electron chi connectivity index (χ2n) is 6.18. The number of nitrogens with one attached hydrogen (secondary N) is 1. The molecule has 5 heteroatoms. The van der Waals surface area contributed by atoms with Crippen LogP contribution in [0.15, 0.2) is 48.5 Å². The van der Waals surface area contributed by atoms with Crippen LogP contribution in [0.5, 0.6) is 0 Å². The molecule has 26 heavy (non-hydrogen) atoms. The van der Waals surface area contributed by atoms with E-state index in [9.17, 15) is 9.59 Å². The van der Waals surface area contributed by atoms with Crippen molar-refractivity contribution in [3.05, 3.63) is 54.1 Å². The molecule has 2 aromatic carbocycles. The minimum Gasteiger partial charge on any atom is -0.372 e. The SMILES string of the molecule is CCN(CC)c1ccc(NC(=O)CC(=O)N(C)c2ccccc2)c(C)c1. The van der Waals surface area contributed by atoms with Crippen LogP contribution >= 0.6 is 0 Å². The fraction of sp³-hybridized carbons (Fsp3) is 0.333. The van der Waals surface area contributed by atoms with Crippen LogP contribution < -0.4 is 15.1 Å². The third kappa shape index (κ3) is 4.85. The molecule has 1 N–H and O–H groups in total. The Labute approximate surface area is 155 Å². The standard InChI is InChI=1S/C21H27N3O2/c1-5-24(6-2)18-12-13-19(16(3)14-18)22-20(25)15-21(26)23(4)17-10-8-7-9-11-17/h7-14H,5-6,15H2,1-4H3,(H,22,25). The summed E-state index contributed by atoms with van der Waals surface area (Å²) in [5.41, 5.74) is 3.61. The molecule has 0 heterocycles. The number of amides is 2. The highest BCUT2D eigenvalue weighted by Gasteiger charge is 2.16. The first-order valence-corrected chi connectivity index (χ1v) is 8.93. The van der Waals surface area contributed by atoms with E-state index < -0.39 is 0 Å². The van der Waals surface area contributed by atoms with Crippen LogP contribution in [0.25, 0.3) is 0 Å². The van der Waals surface area contributed by atoms with E-state index in [1.165, 1.54) is 4.90 Å². The number of anilines is 3. The number of rotatable bonds is 7. The molecular formula is C21H27N3O2. The van der Waals surface area contributed by atoms with Gasteiger partial charge in [-0.3, -0.25) is 9.59 Å². The Kier molecular flexibility index (Phi) is 6.78. The number of carbonyl (C=O) groups excluding carboxylic acids is 2. The molecule has 0 spiro atoms. The maximum atomic E-state index is 12.3. The zero-order valence-corrected chi connectivity index (χ0v) is 16.0. The minimum atomic E-state index is -0.309. The molecule has 0 unspecified atom stereocenters. The lowest BCUT2D eigenvalue weighted by Crippen LogP contribution is -2.30. The average molecular weight is 353 g/mol. The quantitative estimate of drug-likeness (QED) is 0.770. The molecule has 0 saturated carbocycles. The summed E-state index contributed by atoms with van der Waals surface area (Å²) in [5.74, 6) is -0.553. The Morgan fingerprint density at radius 3 is 2.19 bits per heavy atom. The van der Waals surface area contributed by atoms with Crippen LogP contribution in [0.1, 0.15) is 25.8 Å². The summed E-state index contributed by atoms with van der Waals surface area (Å²) >= 11 is 0. The number of nitrogens with zero attached hydrogens (tertiary/aromatic N) is 2. The van der Waals surface area contributed by atoms with Gasteiger partial charge in [0.15, 0.2) is 0 Å². The van der Waals surface area contributed by atoms with Gasteiger partial charge in [-0.1, -0.05) is 18.2 Å². The second-order valence-corrected chi connectivity index (χ2v) is 6.18. The van der Waals surface area contributed by atoms with Crippen LogP contribution in [-0.4, -0.2) is 32.0 Å². The van der Waals surface area contributed by atoms with Crippen LogP contribution in [0, 0.1) is 6.92 Å². The Bertz CT molecular complexity index is 755. The predicted molar refractivity (Wildman–Crippen MR) is 108 cm³/mol. The van der Waals surface area contributed by atoms with Crippen molar-refractivity contribution in [1.82, 2.24) is 0 Å². The van der Waals surface area contributed by atoms with Gasteiger partial charge in [0, 0.05) is 37.2 Å². The molecule has 0 atom stereocenters. The van der Waals surface area contributed by atoms with Crippen LogP contribution in [0.2, 0.25) is 0 Å². The van der Waals surface area contributed by atoms with Gasteiger partial charge in [-0.15, -0.1) is 0 Å². The number of para-hydroxylation sites is 1. The second kappa shape index (κ2) is 9.04. The van der Waals surface area contributed by atoms with Crippen molar-refractivity contribution in [1.29, 1.82) is 0 Å². The molecule has 0 radical (unpaired) electrons. The molecule has 2 rings (SSSR count). The van der Waals surface area contributed by atoms with E-state index >= 15 is 0 Å². The van der Waals surface area contributed by atoms with Crippen molar-refractivity contribution in [3.8, 4) is 0 Å². The number of hydrogen-bond acceptors (Lipinski definition) is 3. The molecule has 2 amide bonds. The lowest BCUT2D eigenvalue weighted by atomic mass is 10.1. The first-order chi connectivity index (χ1) is 12.5. The molecule has 0 aliphatic carbocycles. The summed E-state index contributed by atoms with van der Waals surface area (Å²) in [6.45, 7) is 8.05. The molecule has 2 aromatic rings. The summed E-state index contributed by atoms with van der Waals surface area (Å²) in [5, 5.41) is 2.84. The molecule has 0 aliphatic rings. The Morgan fingerprint density at radius 1 is 0.962 bits per heavy atom. The van der Waals surface area contributed by atoms with Gasteiger partial charge in [-0.25, -0.2) is 0 Å². The monoisotopic (exact) mass is 353 g/mol. The van der Waals surface area contributed by atoms with Gasteiger partial charge in [-0.05, 0) is 56.7 Å². The predicted octanol–water partition coefficient (Wildman–Crippen LogP) is 3.83. The number of aryl methyl sites for hydroxylation is 1. The summed E-state index contributed by atoms with van der Waals surface area (Å²) in [6.07, 6.45) is -0.192. The molecule has 138 valence electrons. The van der Waals surface area contributed by atoms with Crippen molar-refractivity contribution in [2.24, 2.45) is 0 Å². The van der Waals surface area contributed by atoms with E-state index in [0.717, 1.165) is 35.7 Å². The van der Waals surface area contributed by atoms with Gasteiger partial charge in [-0.2, -0.15) is 0 Å². The lowest BCUT2D eigenvalue weighted by molar-refractivity contribution is -0.125. The van der Waals surface area contributed by atoms with Gasteiger partial charge in [0.1, 0.15) is 6.42 Å². The molecule has 0 saturated heterocycles. The molecule has 0 fully saturated rings. The van der Waals surface area contributed by atoms with Crippen LogP contribution in [-0.2, 0) is 9.59 Å². The summed E-state index contributed by atoms with van der Waals surface area (Å²) in [6, 6.07) is 15.2. The molecular weight excluding hydrogens is 326 g/mol. The number of hydrogen-bond donors (Lipinski definition) is 1. The average Bonchev–Trinajstić information content (AvgIpc) is 2.65. The lowest BCUT2D eigenvalue weighted by Gasteiger charge is -2.22. The van der Waals surface area contributed by atoms with E-state index in [1.807, 2.05) is 49.4 Å².